The molecule has 2 aromatic rings. The van der Waals surface area contributed by atoms with Gasteiger partial charge in [0.15, 0.2) is 0 Å². The van der Waals surface area contributed by atoms with E-state index in [0.29, 0.717) is 18.0 Å². The maximum atomic E-state index is 12.7. The van der Waals surface area contributed by atoms with Gasteiger partial charge in [0.25, 0.3) is 5.91 Å². The molecule has 2 aliphatic rings. The Bertz CT molecular complexity index is 974. The van der Waals surface area contributed by atoms with Gasteiger partial charge in [-0.1, -0.05) is 6.07 Å². The molecule has 2 amide bonds. The van der Waals surface area contributed by atoms with E-state index < -0.39 is 6.10 Å². The van der Waals surface area contributed by atoms with Gasteiger partial charge >= 0.3 is 0 Å². The Kier molecular flexibility index (Phi) is 7.67. The molecule has 4 heterocycles. The van der Waals surface area contributed by atoms with Crippen molar-refractivity contribution in [1.29, 1.82) is 0 Å². The molecule has 0 radical (unpaired) electrons. The molecule has 8 nitrogen and oxygen atoms in total. The highest BCUT2D eigenvalue weighted by Gasteiger charge is 2.22. The zero-order valence-electron chi connectivity index (χ0n) is 19.2. The van der Waals surface area contributed by atoms with Crippen LogP contribution in [-0.2, 0) is 24.2 Å². The number of piperidine rings is 1. The zero-order valence-corrected chi connectivity index (χ0v) is 19.2. The first-order valence-electron chi connectivity index (χ1n) is 11.8. The summed E-state index contributed by atoms with van der Waals surface area (Å²) in [5.41, 5.74) is 3.79. The number of aliphatic hydroxyl groups excluding tert-OH is 1. The number of nitrogens with one attached hydrogen (secondary N) is 1. The molecule has 2 N–H and O–H groups in total. The molecule has 1 atom stereocenters. The Morgan fingerprint density at radius 2 is 2.00 bits per heavy atom. The highest BCUT2D eigenvalue weighted by atomic mass is 16.3. The predicted molar refractivity (Wildman–Crippen MR) is 124 cm³/mol. The molecule has 1 fully saturated rings. The van der Waals surface area contributed by atoms with Crippen LogP contribution in [0.5, 0.6) is 0 Å². The highest BCUT2D eigenvalue weighted by Crippen LogP contribution is 2.21. The molecule has 0 saturated carbocycles. The van der Waals surface area contributed by atoms with Crippen LogP contribution < -0.4 is 5.32 Å². The summed E-state index contributed by atoms with van der Waals surface area (Å²) in [6.07, 6.45) is 6.45. The van der Waals surface area contributed by atoms with Crippen molar-refractivity contribution >= 4 is 11.8 Å². The Labute approximate surface area is 195 Å². The number of carbonyl (C=O) groups is 2. The van der Waals surface area contributed by atoms with Crippen molar-refractivity contribution in [3.63, 3.8) is 0 Å². The van der Waals surface area contributed by atoms with Crippen molar-refractivity contribution in [1.82, 2.24) is 25.1 Å². The van der Waals surface area contributed by atoms with Crippen LogP contribution in [0.3, 0.4) is 0 Å². The highest BCUT2D eigenvalue weighted by molar-refractivity contribution is 5.94. The lowest BCUT2D eigenvalue weighted by molar-refractivity contribution is -0.130. The molecule has 176 valence electrons. The van der Waals surface area contributed by atoms with Gasteiger partial charge in [-0.3, -0.25) is 24.5 Å². The molecule has 2 aliphatic heterocycles. The number of hydrogen-bond donors (Lipinski definition) is 2. The minimum Gasteiger partial charge on any atom is -0.390 e. The number of rotatable bonds is 7. The second-order valence-corrected chi connectivity index (χ2v) is 9.15. The lowest BCUT2D eigenvalue weighted by Crippen LogP contribution is -2.42. The molecule has 8 heteroatoms. The van der Waals surface area contributed by atoms with Gasteiger partial charge in [0.05, 0.1) is 6.10 Å². The molecular formula is C25H33N5O3. The van der Waals surface area contributed by atoms with Crippen LogP contribution >= 0.6 is 0 Å². The van der Waals surface area contributed by atoms with Crippen molar-refractivity contribution in [3.05, 3.63) is 59.2 Å². The molecule has 0 unspecified atom stereocenters. The van der Waals surface area contributed by atoms with Gasteiger partial charge in [0.1, 0.15) is 0 Å². The first-order valence-corrected chi connectivity index (χ1v) is 11.8. The Morgan fingerprint density at radius 1 is 1.18 bits per heavy atom. The molecule has 1 saturated heterocycles. The first-order chi connectivity index (χ1) is 16.0. The third-order valence-electron chi connectivity index (χ3n) is 6.65. The number of β-amino-alcohol motifs (C(OH)–C–C–N with tert-alkyl or cyclic N) is 1. The number of pyridine rings is 2. The van der Waals surface area contributed by atoms with E-state index >= 15 is 0 Å². The lowest BCUT2D eigenvalue weighted by Gasteiger charge is -2.31. The van der Waals surface area contributed by atoms with E-state index in [2.05, 4.69) is 26.3 Å². The quantitative estimate of drug-likeness (QED) is 0.661. The predicted octanol–water partition coefficient (Wildman–Crippen LogP) is 1.43. The zero-order chi connectivity index (χ0) is 23.2. The van der Waals surface area contributed by atoms with Crippen LogP contribution in [0.1, 0.15) is 47.1 Å². The van der Waals surface area contributed by atoms with E-state index in [1.54, 1.807) is 19.2 Å². The number of aromatic nitrogens is 2. The standard InChI is InChI=1S/C25H33N5O3/c1-18(31)30-11-5-19(6-12-30)13-22-14-20(4-9-26-22)25(33)28-15-23(32)17-29-10-7-24-21(16-29)3-2-8-27-24/h2-4,8-9,14,19,23,32H,5-7,10-13,15-17H2,1H3,(H,28,33)/t23-/m0/s1. The average molecular weight is 452 g/mol. The molecule has 0 aliphatic carbocycles. The van der Waals surface area contributed by atoms with Gasteiger partial charge in [0, 0.05) is 82.0 Å². The minimum atomic E-state index is -0.639. The van der Waals surface area contributed by atoms with E-state index in [-0.39, 0.29) is 18.4 Å². The number of amides is 2. The minimum absolute atomic E-state index is 0.134. The second kappa shape index (κ2) is 10.9. The molecule has 33 heavy (non-hydrogen) atoms. The molecule has 0 bridgehead atoms. The Balaban J connectivity index is 1.23. The molecule has 0 aromatic carbocycles. The number of hydrogen-bond acceptors (Lipinski definition) is 6. The van der Waals surface area contributed by atoms with Gasteiger partial charge in [-0.2, -0.15) is 0 Å². The SMILES string of the molecule is CC(=O)N1CCC(Cc2cc(C(=O)NC[C@H](O)CN3CCc4ncccc4C3)ccn2)CC1. The van der Waals surface area contributed by atoms with Crippen LogP contribution in [0.25, 0.3) is 0 Å². The van der Waals surface area contributed by atoms with Crippen molar-refractivity contribution in [2.24, 2.45) is 5.92 Å². The van der Waals surface area contributed by atoms with Gasteiger partial charge in [-0.05, 0) is 48.9 Å². The van der Waals surface area contributed by atoms with Crippen molar-refractivity contribution < 1.29 is 14.7 Å². The van der Waals surface area contributed by atoms with E-state index in [4.69, 9.17) is 0 Å². The Morgan fingerprint density at radius 3 is 2.79 bits per heavy atom. The summed E-state index contributed by atoms with van der Waals surface area (Å²) in [5, 5.41) is 13.3. The monoisotopic (exact) mass is 451 g/mol. The maximum Gasteiger partial charge on any atom is 0.251 e. The van der Waals surface area contributed by atoms with E-state index in [1.807, 2.05) is 23.2 Å². The normalized spacial score (nSPS) is 17.9. The van der Waals surface area contributed by atoms with Gasteiger partial charge < -0.3 is 15.3 Å². The van der Waals surface area contributed by atoms with E-state index in [1.165, 1.54) is 5.56 Å². The van der Waals surface area contributed by atoms with Crippen LogP contribution in [0.15, 0.2) is 36.7 Å². The summed E-state index contributed by atoms with van der Waals surface area (Å²) in [6.45, 7) is 5.53. The fraction of sp³-hybridized carbons (Fsp3) is 0.520. The smallest absolute Gasteiger partial charge is 0.251 e. The topological polar surface area (TPSA) is 98.7 Å². The van der Waals surface area contributed by atoms with Crippen LogP contribution in [0.4, 0.5) is 0 Å². The molecular weight excluding hydrogens is 418 g/mol. The number of carbonyl (C=O) groups excluding carboxylic acids is 2. The van der Waals surface area contributed by atoms with E-state index in [9.17, 15) is 14.7 Å². The largest absolute Gasteiger partial charge is 0.390 e. The Hall–Kier alpha value is -2.84. The van der Waals surface area contributed by atoms with Crippen LogP contribution in [-0.4, -0.2) is 75.5 Å². The molecule has 4 rings (SSSR count). The lowest BCUT2D eigenvalue weighted by atomic mass is 9.91. The molecule has 0 spiro atoms. The number of nitrogens with zero attached hydrogens (tertiary/aromatic N) is 4. The second-order valence-electron chi connectivity index (χ2n) is 9.15. The fourth-order valence-electron chi connectivity index (χ4n) is 4.73. The number of fused-ring (bicyclic) bond motifs is 1. The van der Waals surface area contributed by atoms with Gasteiger partial charge in [-0.25, -0.2) is 0 Å². The summed E-state index contributed by atoms with van der Waals surface area (Å²) in [5.74, 6) is 0.407. The summed E-state index contributed by atoms with van der Waals surface area (Å²) in [7, 11) is 0. The number of likely N-dealkylation sites (tertiary alicyclic amines) is 1. The van der Waals surface area contributed by atoms with Crippen molar-refractivity contribution in [2.75, 3.05) is 32.7 Å². The van der Waals surface area contributed by atoms with Crippen LogP contribution in [0, 0.1) is 5.92 Å². The van der Waals surface area contributed by atoms with Crippen molar-refractivity contribution in [3.8, 4) is 0 Å². The van der Waals surface area contributed by atoms with Crippen molar-refractivity contribution in [2.45, 2.75) is 45.3 Å². The van der Waals surface area contributed by atoms with E-state index in [0.717, 1.165) is 63.3 Å². The number of aliphatic hydroxyl groups is 1. The van der Waals surface area contributed by atoms with Gasteiger partial charge in [-0.15, -0.1) is 0 Å². The first kappa shape index (κ1) is 23.3. The molecule has 2 aromatic heterocycles. The third-order valence-corrected chi connectivity index (χ3v) is 6.65. The summed E-state index contributed by atoms with van der Waals surface area (Å²) in [6, 6.07) is 7.57. The fourth-order valence-corrected chi connectivity index (χ4v) is 4.73. The summed E-state index contributed by atoms with van der Waals surface area (Å²) < 4.78 is 0. The average Bonchev–Trinajstić information content (AvgIpc) is 2.83. The van der Waals surface area contributed by atoms with Crippen LogP contribution in [0.2, 0.25) is 0 Å². The summed E-state index contributed by atoms with van der Waals surface area (Å²) >= 11 is 0. The summed E-state index contributed by atoms with van der Waals surface area (Å²) in [4.78, 5) is 37.1. The third kappa shape index (κ3) is 6.36. The maximum absolute atomic E-state index is 12.7. The van der Waals surface area contributed by atoms with Gasteiger partial charge in [0.2, 0.25) is 5.91 Å².